The molecule has 1 heterocycles. The second-order valence-electron chi connectivity index (χ2n) is 5.20. The van der Waals surface area contributed by atoms with Crippen molar-refractivity contribution >= 4 is 17.5 Å². The highest BCUT2D eigenvalue weighted by Gasteiger charge is 2.24. The zero-order chi connectivity index (χ0) is 15.5. The number of ether oxygens (including phenoxy) is 1. The van der Waals surface area contributed by atoms with Gasteiger partial charge in [-0.2, -0.15) is 0 Å². The van der Waals surface area contributed by atoms with Crippen LogP contribution in [0.1, 0.15) is 28.9 Å². The summed E-state index contributed by atoms with van der Waals surface area (Å²) in [5.74, 6) is -0.111. The van der Waals surface area contributed by atoms with Gasteiger partial charge in [0.25, 0.3) is 5.91 Å². The number of aromatic amines is 1. The minimum Gasteiger partial charge on any atom is -0.483 e. The van der Waals surface area contributed by atoms with E-state index in [9.17, 15) is 9.59 Å². The molecular weight excluding hydrogens is 304 g/mol. The molecule has 0 spiro atoms. The fraction of sp³-hybridized carbons (Fsp3) is 0.250. The van der Waals surface area contributed by atoms with Crippen LogP contribution in [0.3, 0.4) is 0 Å². The average molecular weight is 319 g/mol. The first-order valence-electron chi connectivity index (χ1n) is 7.03. The lowest BCUT2D eigenvalue weighted by Gasteiger charge is -2.08. The molecule has 0 saturated heterocycles. The third-order valence-corrected chi connectivity index (χ3v) is 3.74. The molecule has 2 N–H and O–H groups in total. The largest absolute Gasteiger partial charge is 0.483 e. The first-order valence-corrected chi connectivity index (χ1v) is 7.41. The van der Waals surface area contributed by atoms with Crippen molar-refractivity contribution in [3.8, 4) is 5.75 Å². The van der Waals surface area contributed by atoms with E-state index in [0.29, 0.717) is 5.02 Å². The van der Waals surface area contributed by atoms with Crippen LogP contribution >= 0.6 is 11.6 Å². The highest BCUT2D eigenvalue weighted by molar-refractivity contribution is 6.31. The minimum absolute atomic E-state index is 0.155. The van der Waals surface area contributed by atoms with Crippen molar-refractivity contribution in [1.82, 2.24) is 10.3 Å². The van der Waals surface area contributed by atoms with E-state index in [1.54, 1.807) is 6.07 Å². The smallest absolute Gasteiger partial charge is 0.268 e. The van der Waals surface area contributed by atoms with Gasteiger partial charge in [-0.25, -0.2) is 0 Å². The van der Waals surface area contributed by atoms with Gasteiger partial charge in [-0.05, 0) is 18.9 Å². The summed E-state index contributed by atoms with van der Waals surface area (Å²) in [6.07, 6.45) is 3.39. The summed E-state index contributed by atoms with van der Waals surface area (Å²) in [7, 11) is 0. The fourth-order valence-electron chi connectivity index (χ4n) is 1.96. The fourth-order valence-corrected chi connectivity index (χ4v) is 2.15. The van der Waals surface area contributed by atoms with Gasteiger partial charge in [-0.1, -0.05) is 29.8 Å². The van der Waals surface area contributed by atoms with Crippen molar-refractivity contribution in [1.29, 1.82) is 0 Å². The second kappa shape index (κ2) is 6.23. The highest BCUT2D eigenvalue weighted by Crippen LogP contribution is 2.19. The normalized spacial score (nSPS) is 13.7. The number of nitrogens with one attached hydrogen (secondary N) is 2. The van der Waals surface area contributed by atoms with Gasteiger partial charge in [0.05, 0.1) is 0 Å². The zero-order valence-corrected chi connectivity index (χ0v) is 12.5. The van der Waals surface area contributed by atoms with Crippen LogP contribution in [-0.2, 0) is 6.61 Å². The number of rotatable bonds is 5. The predicted octanol–water partition coefficient (Wildman–Crippen LogP) is 2.50. The summed E-state index contributed by atoms with van der Waals surface area (Å²) in [6, 6.07) is 8.75. The number of amides is 1. The molecule has 114 valence electrons. The van der Waals surface area contributed by atoms with Gasteiger partial charge >= 0.3 is 0 Å². The van der Waals surface area contributed by atoms with Crippen molar-refractivity contribution in [2.45, 2.75) is 25.5 Å². The van der Waals surface area contributed by atoms with Crippen molar-refractivity contribution in [3.05, 3.63) is 63.0 Å². The van der Waals surface area contributed by atoms with Crippen LogP contribution in [0.4, 0.5) is 0 Å². The molecule has 1 aliphatic carbocycles. The predicted molar refractivity (Wildman–Crippen MR) is 83.3 cm³/mol. The maximum absolute atomic E-state index is 12.0. The number of aromatic nitrogens is 1. The molecule has 0 radical (unpaired) electrons. The summed E-state index contributed by atoms with van der Waals surface area (Å²) >= 11 is 6.03. The van der Waals surface area contributed by atoms with Gasteiger partial charge < -0.3 is 15.0 Å². The van der Waals surface area contributed by atoms with E-state index in [0.717, 1.165) is 18.4 Å². The quantitative estimate of drug-likeness (QED) is 0.889. The van der Waals surface area contributed by atoms with Crippen molar-refractivity contribution in [3.63, 3.8) is 0 Å². The molecule has 22 heavy (non-hydrogen) atoms. The summed E-state index contributed by atoms with van der Waals surface area (Å²) < 4.78 is 5.47. The summed E-state index contributed by atoms with van der Waals surface area (Å²) in [6.45, 7) is 0.191. The number of halogens is 1. The monoisotopic (exact) mass is 318 g/mol. The summed E-state index contributed by atoms with van der Waals surface area (Å²) in [5.41, 5.74) is 0.688. The van der Waals surface area contributed by atoms with E-state index in [-0.39, 0.29) is 35.4 Å². The lowest BCUT2D eigenvalue weighted by atomic mass is 10.2. The lowest BCUT2D eigenvalue weighted by Crippen LogP contribution is -2.27. The highest BCUT2D eigenvalue weighted by atomic mass is 35.5. The van der Waals surface area contributed by atoms with Crippen LogP contribution in [0, 0.1) is 0 Å². The van der Waals surface area contributed by atoms with Crippen molar-refractivity contribution < 1.29 is 9.53 Å². The third-order valence-electron chi connectivity index (χ3n) is 3.38. The number of hydrogen-bond donors (Lipinski definition) is 2. The minimum atomic E-state index is -0.341. The zero-order valence-electron chi connectivity index (χ0n) is 11.8. The first kappa shape index (κ1) is 14.7. The van der Waals surface area contributed by atoms with Crippen LogP contribution in [0.2, 0.25) is 5.02 Å². The Morgan fingerprint density at radius 3 is 2.82 bits per heavy atom. The Morgan fingerprint density at radius 1 is 1.36 bits per heavy atom. The van der Waals surface area contributed by atoms with Gasteiger partial charge in [0.1, 0.15) is 12.3 Å². The first-order chi connectivity index (χ1) is 10.6. The number of carbonyl (C=O) groups is 1. The van der Waals surface area contributed by atoms with Crippen LogP contribution in [0.5, 0.6) is 5.75 Å². The van der Waals surface area contributed by atoms with Crippen molar-refractivity contribution in [2.24, 2.45) is 0 Å². The van der Waals surface area contributed by atoms with Crippen LogP contribution in [0.15, 0.2) is 41.3 Å². The van der Waals surface area contributed by atoms with Crippen LogP contribution in [0.25, 0.3) is 0 Å². The molecule has 1 saturated carbocycles. The molecule has 1 aromatic heterocycles. The number of benzene rings is 1. The van der Waals surface area contributed by atoms with Crippen molar-refractivity contribution in [2.75, 3.05) is 0 Å². The maximum Gasteiger partial charge on any atom is 0.268 e. The van der Waals surface area contributed by atoms with E-state index in [1.807, 2.05) is 18.2 Å². The van der Waals surface area contributed by atoms with Gasteiger partial charge in [0, 0.05) is 28.9 Å². The molecule has 6 heteroatoms. The van der Waals surface area contributed by atoms with Gasteiger partial charge in [0.2, 0.25) is 5.43 Å². The Bertz CT molecular complexity index is 753. The maximum atomic E-state index is 12.0. The van der Waals surface area contributed by atoms with Gasteiger partial charge in [0.15, 0.2) is 5.75 Å². The van der Waals surface area contributed by atoms with E-state index in [1.165, 1.54) is 12.3 Å². The van der Waals surface area contributed by atoms with E-state index in [4.69, 9.17) is 16.3 Å². The van der Waals surface area contributed by atoms with Gasteiger partial charge in [-0.15, -0.1) is 0 Å². The molecule has 0 bridgehead atoms. The molecule has 1 aromatic carbocycles. The standard InChI is InChI=1S/C16H15ClN2O3/c17-12-4-2-1-3-10(12)9-22-15-8-18-13(7-14(15)20)16(21)19-11-5-6-11/h1-4,7-8,11H,5-6,9H2,(H,18,20)(H,19,21). The SMILES string of the molecule is O=C(NC1CC1)c1cc(=O)c(OCc2ccccc2Cl)c[nH]1. The number of hydrogen-bond acceptors (Lipinski definition) is 3. The molecule has 2 aromatic rings. The van der Waals surface area contributed by atoms with Crippen LogP contribution < -0.4 is 15.5 Å². The van der Waals surface area contributed by atoms with E-state index < -0.39 is 0 Å². The number of pyridine rings is 1. The molecule has 0 unspecified atom stereocenters. The molecule has 0 aliphatic heterocycles. The van der Waals surface area contributed by atoms with E-state index in [2.05, 4.69) is 10.3 Å². The Kier molecular flexibility index (Phi) is 4.15. The molecule has 3 rings (SSSR count). The lowest BCUT2D eigenvalue weighted by molar-refractivity contribution is 0.0946. The molecule has 1 fully saturated rings. The van der Waals surface area contributed by atoms with Gasteiger partial charge in [-0.3, -0.25) is 9.59 Å². The number of carbonyl (C=O) groups excluding carboxylic acids is 1. The molecule has 1 aliphatic rings. The molecule has 5 nitrogen and oxygen atoms in total. The Morgan fingerprint density at radius 2 is 2.14 bits per heavy atom. The Hall–Kier alpha value is -2.27. The second-order valence-corrected chi connectivity index (χ2v) is 5.61. The van der Waals surface area contributed by atoms with E-state index >= 15 is 0 Å². The summed E-state index contributed by atoms with van der Waals surface area (Å²) in [5, 5.41) is 3.40. The summed E-state index contributed by atoms with van der Waals surface area (Å²) in [4.78, 5) is 26.6. The molecular formula is C16H15ClN2O3. The number of H-pyrrole nitrogens is 1. The molecule has 1 amide bonds. The Balaban J connectivity index is 1.68. The third kappa shape index (κ3) is 3.49. The topological polar surface area (TPSA) is 71.2 Å². The average Bonchev–Trinajstić information content (AvgIpc) is 3.31. The molecule has 0 atom stereocenters. The Labute approximate surface area is 132 Å². The van der Waals surface area contributed by atoms with Crippen LogP contribution in [-0.4, -0.2) is 16.9 Å².